The number of benzene rings is 1. The van der Waals surface area contributed by atoms with Gasteiger partial charge in [-0.1, -0.05) is 11.8 Å². The van der Waals surface area contributed by atoms with Gasteiger partial charge in [0.25, 0.3) is 0 Å². The van der Waals surface area contributed by atoms with Gasteiger partial charge in [-0.15, -0.1) is 11.3 Å². The third kappa shape index (κ3) is 2.27. The Kier molecular flexibility index (Phi) is 2.74. The third-order valence-corrected chi connectivity index (χ3v) is 4.15. The van der Waals surface area contributed by atoms with Crippen molar-refractivity contribution >= 4 is 39.8 Å². The molecule has 3 N–H and O–H groups in total. The Bertz CT molecular complexity index is 630. The molecule has 0 saturated heterocycles. The molecule has 0 aliphatic heterocycles. The first-order valence-electron chi connectivity index (χ1n) is 5.08. The first kappa shape index (κ1) is 10.6. The minimum Gasteiger partial charge on any atom is -0.399 e. The summed E-state index contributed by atoms with van der Waals surface area (Å²) in [6.07, 6.45) is 1.82. The largest absolute Gasteiger partial charge is 0.399 e. The van der Waals surface area contributed by atoms with Gasteiger partial charge in [0.05, 0.1) is 16.8 Å². The number of H-pyrrole nitrogens is 1. The van der Waals surface area contributed by atoms with Crippen LogP contribution in [0.5, 0.6) is 0 Å². The fraction of sp³-hybridized carbons (Fsp3) is 0.0909. The van der Waals surface area contributed by atoms with Gasteiger partial charge in [-0.25, -0.2) is 9.97 Å². The predicted molar refractivity (Wildman–Crippen MR) is 72.2 cm³/mol. The van der Waals surface area contributed by atoms with E-state index in [1.54, 1.807) is 23.1 Å². The normalized spacial score (nSPS) is 11.1. The lowest BCUT2D eigenvalue weighted by Crippen LogP contribution is -1.82. The van der Waals surface area contributed by atoms with Crippen molar-refractivity contribution in [3.8, 4) is 0 Å². The highest BCUT2D eigenvalue weighted by Gasteiger charge is 2.04. The van der Waals surface area contributed by atoms with E-state index in [2.05, 4.69) is 15.0 Å². The number of thioether (sulfide) groups is 1. The molecule has 0 amide bonds. The molecule has 2 aromatic heterocycles. The number of rotatable bonds is 3. The molecular formula is C11H10N4S2. The van der Waals surface area contributed by atoms with Crippen molar-refractivity contribution in [1.82, 2.24) is 15.0 Å². The van der Waals surface area contributed by atoms with Gasteiger partial charge >= 0.3 is 0 Å². The van der Waals surface area contributed by atoms with Crippen molar-refractivity contribution in [3.05, 3.63) is 34.8 Å². The average Bonchev–Trinajstić information content (AvgIpc) is 2.94. The number of fused-ring (bicyclic) bond motifs is 1. The Labute approximate surface area is 106 Å². The van der Waals surface area contributed by atoms with Crippen molar-refractivity contribution < 1.29 is 0 Å². The number of hydrogen-bond acceptors (Lipinski definition) is 5. The Hall–Kier alpha value is -1.53. The van der Waals surface area contributed by atoms with Gasteiger partial charge in [0.2, 0.25) is 0 Å². The van der Waals surface area contributed by atoms with Crippen LogP contribution in [0.3, 0.4) is 0 Å². The van der Waals surface area contributed by atoms with E-state index >= 15 is 0 Å². The summed E-state index contributed by atoms with van der Waals surface area (Å²) in [5.74, 6) is 0.840. The molecule has 0 unspecified atom stereocenters. The van der Waals surface area contributed by atoms with Crippen molar-refractivity contribution in [2.75, 3.05) is 5.73 Å². The Morgan fingerprint density at radius 3 is 3.18 bits per heavy atom. The van der Waals surface area contributed by atoms with Crippen LogP contribution in [0.4, 0.5) is 5.69 Å². The molecule has 0 bridgehead atoms. The molecule has 2 heterocycles. The van der Waals surface area contributed by atoms with E-state index in [0.717, 1.165) is 32.6 Å². The second-order valence-electron chi connectivity index (χ2n) is 3.53. The summed E-state index contributed by atoms with van der Waals surface area (Å²) in [4.78, 5) is 12.0. The highest BCUT2D eigenvalue weighted by atomic mass is 32.2. The zero-order valence-corrected chi connectivity index (χ0v) is 10.5. The molecular weight excluding hydrogens is 252 g/mol. The molecule has 17 heavy (non-hydrogen) atoms. The van der Waals surface area contributed by atoms with E-state index in [9.17, 15) is 0 Å². The highest BCUT2D eigenvalue weighted by molar-refractivity contribution is 7.98. The van der Waals surface area contributed by atoms with E-state index in [1.807, 2.05) is 29.8 Å². The van der Waals surface area contributed by atoms with E-state index in [0.29, 0.717) is 0 Å². The number of aromatic nitrogens is 3. The summed E-state index contributed by atoms with van der Waals surface area (Å²) >= 11 is 3.31. The van der Waals surface area contributed by atoms with Crippen LogP contribution in [0.15, 0.2) is 34.9 Å². The van der Waals surface area contributed by atoms with Gasteiger partial charge < -0.3 is 10.7 Å². The van der Waals surface area contributed by atoms with Gasteiger partial charge in [-0.3, -0.25) is 0 Å². The lowest BCUT2D eigenvalue weighted by Gasteiger charge is -1.92. The molecule has 0 radical (unpaired) electrons. The summed E-state index contributed by atoms with van der Waals surface area (Å²) in [6, 6.07) is 5.68. The van der Waals surface area contributed by atoms with Gasteiger partial charge in [-0.05, 0) is 18.2 Å². The SMILES string of the molecule is Nc1ccc2nc(SCc3nccs3)[nH]c2c1. The second-order valence-corrected chi connectivity index (χ2v) is 5.48. The molecule has 4 nitrogen and oxygen atoms in total. The van der Waals surface area contributed by atoms with Gasteiger partial charge in [0.1, 0.15) is 5.01 Å². The zero-order valence-electron chi connectivity index (χ0n) is 8.88. The maximum atomic E-state index is 5.72. The predicted octanol–water partition coefficient (Wildman–Crippen LogP) is 2.89. The summed E-state index contributed by atoms with van der Waals surface area (Å²) < 4.78 is 0. The van der Waals surface area contributed by atoms with Crippen molar-refractivity contribution in [1.29, 1.82) is 0 Å². The number of thiazole rings is 1. The van der Waals surface area contributed by atoms with Gasteiger partial charge in [-0.2, -0.15) is 0 Å². The number of nitrogens with one attached hydrogen (secondary N) is 1. The second kappa shape index (κ2) is 4.38. The van der Waals surface area contributed by atoms with Gasteiger partial charge in [0.15, 0.2) is 5.16 Å². The first-order valence-corrected chi connectivity index (χ1v) is 6.94. The van der Waals surface area contributed by atoms with Crippen LogP contribution in [0, 0.1) is 0 Å². The fourth-order valence-electron chi connectivity index (χ4n) is 1.53. The fourth-order valence-corrected chi connectivity index (χ4v) is 3.06. The summed E-state index contributed by atoms with van der Waals surface area (Å²) in [5, 5.41) is 3.99. The Morgan fingerprint density at radius 2 is 2.35 bits per heavy atom. The molecule has 1 aromatic carbocycles. The lowest BCUT2D eigenvalue weighted by molar-refractivity contribution is 1.08. The summed E-state index contributed by atoms with van der Waals surface area (Å²) in [5.41, 5.74) is 8.39. The van der Waals surface area contributed by atoms with Crippen LogP contribution < -0.4 is 5.73 Å². The molecule has 3 aromatic rings. The van der Waals surface area contributed by atoms with E-state index in [-0.39, 0.29) is 0 Å². The van der Waals surface area contributed by atoms with Crippen molar-refractivity contribution in [2.45, 2.75) is 10.9 Å². The topological polar surface area (TPSA) is 67.6 Å². The number of nitrogens with two attached hydrogens (primary N) is 1. The van der Waals surface area contributed by atoms with Crippen LogP contribution in [-0.4, -0.2) is 15.0 Å². The molecule has 6 heteroatoms. The Balaban J connectivity index is 1.81. The van der Waals surface area contributed by atoms with Crippen LogP contribution >= 0.6 is 23.1 Å². The lowest BCUT2D eigenvalue weighted by atomic mass is 10.3. The molecule has 0 fully saturated rings. The molecule has 0 atom stereocenters. The molecule has 0 saturated carbocycles. The van der Waals surface area contributed by atoms with Crippen molar-refractivity contribution in [2.24, 2.45) is 0 Å². The minimum atomic E-state index is 0.748. The quantitative estimate of drug-likeness (QED) is 0.562. The number of nitrogen functional groups attached to an aromatic ring is 1. The van der Waals surface area contributed by atoms with Crippen molar-refractivity contribution in [3.63, 3.8) is 0 Å². The van der Waals surface area contributed by atoms with Gasteiger partial charge in [0, 0.05) is 17.3 Å². The van der Waals surface area contributed by atoms with Crippen LogP contribution in [0.25, 0.3) is 11.0 Å². The van der Waals surface area contributed by atoms with E-state index < -0.39 is 0 Å². The molecule has 0 aliphatic rings. The zero-order chi connectivity index (χ0) is 11.7. The molecule has 0 aliphatic carbocycles. The third-order valence-electron chi connectivity index (χ3n) is 2.30. The number of aromatic amines is 1. The van der Waals surface area contributed by atoms with Crippen LogP contribution in [-0.2, 0) is 5.75 Å². The monoisotopic (exact) mass is 262 g/mol. The number of hydrogen-bond donors (Lipinski definition) is 2. The number of imidazole rings is 1. The van der Waals surface area contributed by atoms with E-state index in [1.165, 1.54) is 0 Å². The van der Waals surface area contributed by atoms with Crippen LogP contribution in [0.1, 0.15) is 5.01 Å². The number of anilines is 1. The average molecular weight is 262 g/mol. The summed E-state index contributed by atoms with van der Waals surface area (Å²) in [6.45, 7) is 0. The molecule has 86 valence electrons. The summed E-state index contributed by atoms with van der Waals surface area (Å²) in [7, 11) is 0. The first-order chi connectivity index (χ1) is 8.31. The number of nitrogens with zero attached hydrogens (tertiary/aromatic N) is 2. The molecule has 0 spiro atoms. The standard InChI is InChI=1S/C11H10N4S2/c12-7-1-2-8-9(5-7)15-11(14-8)17-6-10-13-3-4-16-10/h1-5H,6,12H2,(H,14,15). The maximum Gasteiger partial charge on any atom is 0.166 e. The smallest absolute Gasteiger partial charge is 0.166 e. The maximum absolute atomic E-state index is 5.72. The highest BCUT2D eigenvalue weighted by Crippen LogP contribution is 2.24. The van der Waals surface area contributed by atoms with E-state index in [4.69, 9.17) is 5.73 Å². The Morgan fingerprint density at radius 1 is 1.41 bits per heavy atom. The molecule has 3 rings (SSSR count). The minimum absolute atomic E-state index is 0.748. The van der Waals surface area contributed by atoms with Crippen LogP contribution in [0.2, 0.25) is 0 Å².